The van der Waals surface area contributed by atoms with E-state index in [1.165, 1.54) is 41.8 Å². The molecule has 0 saturated carbocycles. The number of amides is 1. The number of anilines is 1. The number of nitrogens with one attached hydrogen (secondary N) is 2. The first-order valence-corrected chi connectivity index (χ1v) is 6.50. The number of rotatable bonds is 2. The summed E-state index contributed by atoms with van der Waals surface area (Å²) in [6, 6.07) is 6.92. The lowest BCUT2D eigenvalue weighted by Gasteiger charge is -1.99. The molecule has 1 amide bonds. The molecule has 7 heteroatoms. The van der Waals surface area contributed by atoms with Gasteiger partial charge in [-0.1, -0.05) is 11.3 Å². The molecule has 20 heavy (non-hydrogen) atoms. The highest BCUT2D eigenvalue weighted by Gasteiger charge is 2.10. The van der Waals surface area contributed by atoms with Gasteiger partial charge in [0.15, 0.2) is 5.13 Å². The highest BCUT2D eigenvalue weighted by molar-refractivity contribution is 7.22. The SMILES string of the molecule is O=C(Nc1nc2ccc(F)cc2s1)c1ccc(=O)[nH]c1. The predicted octanol–water partition coefficient (Wildman–Crippen LogP) is 2.38. The van der Waals surface area contributed by atoms with Crippen LogP contribution in [0.2, 0.25) is 0 Å². The number of carbonyl (C=O) groups excluding carboxylic acids is 1. The zero-order chi connectivity index (χ0) is 14.1. The summed E-state index contributed by atoms with van der Waals surface area (Å²) >= 11 is 1.18. The van der Waals surface area contributed by atoms with E-state index in [-0.39, 0.29) is 17.3 Å². The molecule has 3 aromatic rings. The minimum atomic E-state index is -0.388. The predicted molar refractivity (Wildman–Crippen MR) is 74.6 cm³/mol. The Bertz CT molecular complexity index is 836. The van der Waals surface area contributed by atoms with Gasteiger partial charge in [0.1, 0.15) is 5.82 Å². The van der Waals surface area contributed by atoms with Crippen LogP contribution >= 0.6 is 11.3 Å². The van der Waals surface area contributed by atoms with Crippen molar-refractivity contribution in [1.29, 1.82) is 0 Å². The molecule has 0 spiro atoms. The first-order valence-electron chi connectivity index (χ1n) is 5.68. The van der Waals surface area contributed by atoms with Crippen LogP contribution in [-0.4, -0.2) is 15.9 Å². The Morgan fingerprint density at radius 2 is 2.15 bits per heavy atom. The topological polar surface area (TPSA) is 74.8 Å². The molecule has 0 fully saturated rings. The molecule has 0 atom stereocenters. The van der Waals surface area contributed by atoms with Crippen LogP contribution in [0.1, 0.15) is 10.4 Å². The number of H-pyrrole nitrogens is 1. The molecule has 0 aliphatic carbocycles. The summed E-state index contributed by atoms with van der Waals surface area (Å²) in [5.41, 5.74) is 0.653. The Kier molecular flexibility index (Phi) is 3.03. The number of hydrogen-bond acceptors (Lipinski definition) is 4. The second-order valence-corrected chi connectivity index (χ2v) is 5.06. The van der Waals surface area contributed by atoms with Crippen LogP contribution in [0, 0.1) is 5.82 Å². The number of thiazole rings is 1. The number of fused-ring (bicyclic) bond motifs is 1. The maximum Gasteiger partial charge on any atom is 0.258 e. The smallest absolute Gasteiger partial charge is 0.258 e. The average molecular weight is 289 g/mol. The third kappa shape index (κ3) is 2.43. The van der Waals surface area contributed by atoms with Crippen LogP contribution in [0.25, 0.3) is 10.2 Å². The van der Waals surface area contributed by atoms with Crippen LogP contribution in [0.3, 0.4) is 0 Å². The van der Waals surface area contributed by atoms with Gasteiger partial charge in [-0.3, -0.25) is 14.9 Å². The van der Waals surface area contributed by atoms with Gasteiger partial charge >= 0.3 is 0 Å². The van der Waals surface area contributed by atoms with Crippen molar-refractivity contribution in [2.24, 2.45) is 0 Å². The van der Waals surface area contributed by atoms with Gasteiger partial charge in [-0.05, 0) is 24.3 Å². The van der Waals surface area contributed by atoms with Crippen molar-refractivity contribution in [2.45, 2.75) is 0 Å². The molecule has 1 aromatic carbocycles. The van der Waals surface area contributed by atoms with Gasteiger partial charge in [0.2, 0.25) is 5.56 Å². The first-order chi connectivity index (χ1) is 9.61. The summed E-state index contributed by atoms with van der Waals surface area (Å²) in [5.74, 6) is -0.736. The number of carbonyl (C=O) groups is 1. The van der Waals surface area contributed by atoms with E-state index in [0.29, 0.717) is 20.9 Å². The van der Waals surface area contributed by atoms with E-state index in [1.807, 2.05) is 0 Å². The van der Waals surface area contributed by atoms with E-state index in [9.17, 15) is 14.0 Å². The monoisotopic (exact) mass is 289 g/mol. The first kappa shape index (κ1) is 12.5. The summed E-state index contributed by atoms with van der Waals surface area (Å²) in [4.78, 5) is 29.4. The molecule has 2 N–H and O–H groups in total. The molecule has 0 unspecified atom stereocenters. The fourth-order valence-electron chi connectivity index (χ4n) is 1.67. The average Bonchev–Trinajstić information content (AvgIpc) is 2.80. The van der Waals surface area contributed by atoms with Gasteiger partial charge in [0, 0.05) is 12.3 Å². The van der Waals surface area contributed by atoms with Gasteiger partial charge in [-0.15, -0.1) is 0 Å². The zero-order valence-electron chi connectivity index (χ0n) is 10.0. The largest absolute Gasteiger partial charge is 0.328 e. The van der Waals surface area contributed by atoms with Crippen molar-refractivity contribution in [3.05, 3.63) is 58.3 Å². The molecular formula is C13H8FN3O2S. The lowest BCUT2D eigenvalue weighted by molar-refractivity contribution is 0.102. The van der Waals surface area contributed by atoms with Gasteiger partial charge < -0.3 is 4.98 Å². The molecule has 0 radical (unpaired) electrons. The third-order valence-corrected chi connectivity index (χ3v) is 3.55. The molecule has 0 aliphatic rings. The number of aromatic amines is 1. The van der Waals surface area contributed by atoms with E-state index < -0.39 is 0 Å². The highest BCUT2D eigenvalue weighted by atomic mass is 32.1. The van der Waals surface area contributed by atoms with Crippen molar-refractivity contribution in [3.8, 4) is 0 Å². The standard InChI is InChI=1S/C13H8FN3O2S/c14-8-2-3-9-10(5-8)20-13(16-9)17-12(19)7-1-4-11(18)15-6-7/h1-6H,(H,15,18)(H,16,17,19). The van der Waals surface area contributed by atoms with Crippen molar-refractivity contribution < 1.29 is 9.18 Å². The number of pyridine rings is 1. The number of nitrogens with zero attached hydrogens (tertiary/aromatic N) is 1. The fraction of sp³-hybridized carbons (Fsp3) is 0. The minimum absolute atomic E-state index is 0.281. The lowest BCUT2D eigenvalue weighted by Crippen LogP contribution is -2.14. The van der Waals surface area contributed by atoms with E-state index in [4.69, 9.17) is 0 Å². The molecule has 2 aromatic heterocycles. The molecule has 0 saturated heterocycles. The van der Waals surface area contributed by atoms with Crippen LogP contribution in [-0.2, 0) is 0 Å². The van der Waals surface area contributed by atoms with Crippen molar-refractivity contribution in [3.63, 3.8) is 0 Å². The van der Waals surface area contributed by atoms with Crippen molar-refractivity contribution in [2.75, 3.05) is 5.32 Å². The van der Waals surface area contributed by atoms with Gasteiger partial charge in [0.25, 0.3) is 5.91 Å². The second kappa shape index (κ2) is 4.86. The molecule has 0 bridgehead atoms. The number of aromatic nitrogens is 2. The molecule has 0 aliphatic heterocycles. The Morgan fingerprint density at radius 1 is 1.30 bits per heavy atom. The third-order valence-electron chi connectivity index (χ3n) is 2.62. The lowest BCUT2D eigenvalue weighted by atomic mass is 10.3. The van der Waals surface area contributed by atoms with Crippen LogP contribution in [0.4, 0.5) is 9.52 Å². The van der Waals surface area contributed by atoms with E-state index in [2.05, 4.69) is 15.3 Å². The van der Waals surface area contributed by atoms with E-state index in [0.717, 1.165) is 0 Å². The van der Waals surface area contributed by atoms with Crippen molar-refractivity contribution in [1.82, 2.24) is 9.97 Å². The Balaban J connectivity index is 1.87. The second-order valence-electron chi connectivity index (χ2n) is 4.03. The summed E-state index contributed by atoms with van der Waals surface area (Å²) < 4.78 is 13.7. The summed E-state index contributed by atoms with van der Waals surface area (Å²) in [7, 11) is 0. The van der Waals surface area contributed by atoms with E-state index >= 15 is 0 Å². The fourth-order valence-corrected chi connectivity index (χ4v) is 2.56. The maximum atomic E-state index is 13.1. The summed E-state index contributed by atoms with van der Waals surface area (Å²) in [6.45, 7) is 0. The van der Waals surface area contributed by atoms with Gasteiger partial charge in [-0.2, -0.15) is 0 Å². The van der Waals surface area contributed by atoms with Gasteiger partial charge in [-0.25, -0.2) is 9.37 Å². The minimum Gasteiger partial charge on any atom is -0.328 e. The van der Waals surface area contributed by atoms with Gasteiger partial charge in [0.05, 0.1) is 15.8 Å². The van der Waals surface area contributed by atoms with Crippen LogP contribution in [0.5, 0.6) is 0 Å². The van der Waals surface area contributed by atoms with Crippen LogP contribution in [0.15, 0.2) is 41.3 Å². The highest BCUT2D eigenvalue weighted by Crippen LogP contribution is 2.26. The normalized spacial score (nSPS) is 10.7. The van der Waals surface area contributed by atoms with Crippen molar-refractivity contribution >= 4 is 32.6 Å². The van der Waals surface area contributed by atoms with E-state index in [1.54, 1.807) is 6.07 Å². The summed E-state index contributed by atoms with van der Waals surface area (Å²) in [5, 5.41) is 2.99. The Hall–Kier alpha value is -2.54. The molecule has 3 rings (SSSR count). The number of benzene rings is 1. The Morgan fingerprint density at radius 3 is 2.90 bits per heavy atom. The zero-order valence-corrected chi connectivity index (χ0v) is 10.8. The van der Waals surface area contributed by atoms with Crippen LogP contribution < -0.4 is 10.9 Å². The summed E-state index contributed by atoms with van der Waals surface area (Å²) in [6.07, 6.45) is 1.32. The Labute approximate surface area is 116 Å². The maximum absolute atomic E-state index is 13.1. The molecule has 5 nitrogen and oxygen atoms in total. The molecule has 100 valence electrons. The molecular weight excluding hydrogens is 281 g/mol. The number of halogens is 1. The quantitative estimate of drug-likeness (QED) is 0.760. The molecule has 2 heterocycles. The number of hydrogen-bond donors (Lipinski definition) is 2.